The molecule has 1 N–H and O–H groups in total. The molecule has 2 aromatic carbocycles. The highest BCUT2D eigenvalue weighted by molar-refractivity contribution is 5.91. The lowest BCUT2D eigenvalue weighted by atomic mass is 10.1. The summed E-state index contributed by atoms with van der Waals surface area (Å²) < 4.78 is 7.50. The Morgan fingerprint density at radius 2 is 1.70 bits per heavy atom. The van der Waals surface area contributed by atoms with E-state index in [1.165, 1.54) is 5.56 Å². The van der Waals surface area contributed by atoms with E-state index in [4.69, 9.17) is 4.74 Å². The van der Waals surface area contributed by atoms with Crippen LogP contribution < -0.4 is 10.1 Å². The summed E-state index contributed by atoms with van der Waals surface area (Å²) in [6, 6.07) is 16.1. The number of amides is 1. The van der Waals surface area contributed by atoms with Crippen molar-refractivity contribution in [1.29, 1.82) is 0 Å². The average molecular weight is 363 g/mol. The standard InChI is InChI=1S/C22H25N3O2/c1-4-18-8-10-19(11-9-18)14-25-20(12-13-23-25)24-21(26)15-27-22-16(2)6-5-7-17(22)3/h5-13H,4,14-15H2,1-3H3,(H,24,26). The van der Waals surface area contributed by atoms with Crippen molar-refractivity contribution in [3.8, 4) is 5.75 Å². The van der Waals surface area contributed by atoms with Crippen molar-refractivity contribution >= 4 is 11.7 Å². The summed E-state index contributed by atoms with van der Waals surface area (Å²) >= 11 is 0. The minimum absolute atomic E-state index is 0.0396. The van der Waals surface area contributed by atoms with Crippen LogP contribution in [0.2, 0.25) is 0 Å². The molecule has 0 aliphatic carbocycles. The van der Waals surface area contributed by atoms with E-state index in [0.717, 1.165) is 28.9 Å². The molecule has 0 aliphatic heterocycles. The van der Waals surface area contributed by atoms with Gasteiger partial charge in [-0.25, -0.2) is 4.68 Å². The number of hydrogen-bond donors (Lipinski definition) is 1. The van der Waals surface area contributed by atoms with Gasteiger partial charge in [0, 0.05) is 6.07 Å². The lowest BCUT2D eigenvalue weighted by molar-refractivity contribution is -0.118. The number of carbonyl (C=O) groups is 1. The molecular weight excluding hydrogens is 338 g/mol. The third-order valence-corrected chi connectivity index (χ3v) is 4.50. The lowest BCUT2D eigenvalue weighted by Gasteiger charge is -2.13. The molecule has 0 atom stereocenters. The Bertz CT molecular complexity index is 893. The van der Waals surface area contributed by atoms with E-state index in [1.54, 1.807) is 16.9 Å². The molecule has 0 fully saturated rings. The zero-order valence-electron chi connectivity index (χ0n) is 16.0. The van der Waals surface area contributed by atoms with E-state index in [-0.39, 0.29) is 12.5 Å². The second kappa shape index (κ2) is 8.54. The third kappa shape index (κ3) is 4.76. The first-order chi connectivity index (χ1) is 13.1. The number of aryl methyl sites for hydroxylation is 3. The Balaban J connectivity index is 1.61. The summed E-state index contributed by atoms with van der Waals surface area (Å²) in [6.07, 6.45) is 2.70. The lowest BCUT2D eigenvalue weighted by Crippen LogP contribution is -2.22. The normalized spacial score (nSPS) is 10.6. The quantitative estimate of drug-likeness (QED) is 0.687. The van der Waals surface area contributed by atoms with E-state index in [9.17, 15) is 4.79 Å². The number of rotatable bonds is 7. The van der Waals surface area contributed by atoms with Gasteiger partial charge in [0.25, 0.3) is 5.91 Å². The molecule has 1 heterocycles. The maximum atomic E-state index is 12.3. The zero-order chi connectivity index (χ0) is 19.2. The Morgan fingerprint density at radius 1 is 1.04 bits per heavy atom. The maximum absolute atomic E-state index is 12.3. The summed E-state index contributed by atoms with van der Waals surface area (Å²) in [7, 11) is 0. The first-order valence-corrected chi connectivity index (χ1v) is 9.15. The van der Waals surface area contributed by atoms with Crippen LogP contribution in [0.15, 0.2) is 54.7 Å². The van der Waals surface area contributed by atoms with Crippen LogP contribution in [0.3, 0.4) is 0 Å². The Morgan fingerprint density at radius 3 is 2.37 bits per heavy atom. The van der Waals surface area contributed by atoms with E-state index in [2.05, 4.69) is 41.6 Å². The highest BCUT2D eigenvalue weighted by Crippen LogP contribution is 2.22. The first-order valence-electron chi connectivity index (χ1n) is 9.15. The maximum Gasteiger partial charge on any atom is 0.263 e. The van der Waals surface area contributed by atoms with Crippen molar-refractivity contribution < 1.29 is 9.53 Å². The smallest absolute Gasteiger partial charge is 0.263 e. The van der Waals surface area contributed by atoms with Crippen molar-refractivity contribution in [2.24, 2.45) is 0 Å². The van der Waals surface area contributed by atoms with Gasteiger partial charge in [-0.1, -0.05) is 49.4 Å². The number of aromatic nitrogens is 2. The molecule has 27 heavy (non-hydrogen) atoms. The van der Waals surface area contributed by atoms with Crippen LogP contribution in [-0.4, -0.2) is 22.3 Å². The molecule has 0 saturated carbocycles. The van der Waals surface area contributed by atoms with Gasteiger partial charge in [0.1, 0.15) is 11.6 Å². The van der Waals surface area contributed by atoms with Gasteiger partial charge in [-0.2, -0.15) is 5.10 Å². The van der Waals surface area contributed by atoms with Crippen LogP contribution >= 0.6 is 0 Å². The number of carbonyl (C=O) groups excluding carboxylic acids is 1. The van der Waals surface area contributed by atoms with Crippen LogP contribution in [0.25, 0.3) is 0 Å². The molecule has 0 bridgehead atoms. The van der Waals surface area contributed by atoms with E-state index < -0.39 is 0 Å². The SMILES string of the molecule is CCc1ccc(Cn2nccc2NC(=O)COc2c(C)cccc2C)cc1. The molecule has 0 saturated heterocycles. The average Bonchev–Trinajstić information content (AvgIpc) is 3.08. The Kier molecular flexibility index (Phi) is 5.91. The topological polar surface area (TPSA) is 56.2 Å². The van der Waals surface area contributed by atoms with Crippen LogP contribution in [0.4, 0.5) is 5.82 Å². The van der Waals surface area contributed by atoms with Gasteiger partial charge in [-0.05, 0) is 42.5 Å². The number of nitrogens with one attached hydrogen (secondary N) is 1. The molecule has 1 aromatic heterocycles. The molecule has 3 aromatic rings. The van der Waals surface area contributed by atoms with Crippen LogP contribution in [0.5, 0.6) is 5.75 Å². The number of benzene rings is 2. The molecule has 0 spiro atoms. The summed E-state index contributed by atoms with van der Waals surface area (Å²) in [5, 5.41) is 7.19. The largest absolute Gasteiger partial charge is 0.483 e. The molecule has 5 heteroatoms. The second-order valence-corrected chi connectivity index (χ2v) is 6.60. The summed E-state index contributed by atoms with van der Waals surface area (Å²) in [6.45, 7) is 6.64. The van der Waals surface area contributed by atoms with E-state index in [0.29, 0.717) is 12.4 Å². The zero-order valence-corrected chi connectivity index (χ0v) is 16.0. The molecule has 1 amide bonds. The highest BCUT2D eigenvalue weighted by Gasteiger charge is 2.10. The van der Waals surface area contributed by atoms with Crippen molar-refractivity contribution in [2.45, 2.75) is 33.7 Å². The summed E-state index contributed by atoms with van der Waals surface area (Å²) in [5.74, 6) is 1.21. The van der Waals surface area contributed by atoms with Gasteiger partial charge < -0.3 is 10.1 Å². The van der Waals surface area contributed by atoms with Gasteiger partial charge in [0.15, 0.2) is 6.61 Å². The van der Waals surface area contributed by atoms with Gasteiger partial charge >= 0.3 is 0 Å². The van der Waals surface area contributed by atoms with Crippen LogP contribution in [0.1, 0.15) is 29.2 Å². The number of nitrogens with zero attached hydrogens (tertiary/aromatic N) is 2. The van der Waals surface area contributed by atoms with Crippen molar-refractivity contribution in [3.05, 3.63) is 77.0 Å². The van der Waals surface area contributed by atoms with E-state index >= 15 is 0 Å². The first kappa shape index (κ1) is 18.7. The number of ether oxygens (including phenoxy) is 1. The third-order valence-electron chi connectivity index (χ3n) is 4.50. The highest BCUT2D eigenvalue weighted by atomic mass is 16.5. The van der Waals surface area contributed by atoms with Crippen LogP contribution in [0, 0.1) is 13.8 Å². The van der Waals surface area contributed by atoms with E-state index in [1.807, 2.05) is 32.0 Å². The minimum Gasteiger partial charge on any atom is -0.483 e. The fraction of sp³-hybridized carbons (Fsp3) is 0.273. The molecule has 5 nitrogen and oxygen atoms in total. The predicted octanol–water partition coefficient (Wildman–Crippen LogP) is 4.13. The fourth-order valence-corrected chi connectivity index (χ4v) is 2.96. The van der Waals surface area contributed by atoms with Crippen molar-refractivity contribution in [3.63, 3.8) is 0 Å². The molecule has 140 valence electrons. The van der Waals surface area contributed by atoms with Crippen LogP contribution in [-0.2, 0) is 17.8 Å². The predicted molar refractivity (Wildman–Crippen MR) is 107 cm³/mol. The van der Waals surface area contributed by atoms with Gasteiger partial charge in [0.2, 0.25) is 0 Å². The van der Waals surface area contributed by atoms with Gasteiger partial charge in [-0.15, -0.1) is 0 Å². The number of para-hydroxylation sites is 1. The fourth-order valence-electron chi connectivity index (χ4n) is 2.96. The monoisotopic (exact) mass is 363 g/mol. The van der Waals surface area contributed by atoms with Crippen molar-refractivity contribution in [2.75, 3.05) is 11.9 Å². The summed E-state index contributed by atoms with van der Waals surface area (Å²) in [4.78, 5) is 12.3. The molecule has 0 aliphatic rings. The molecular formula is C22H25N3O2. The summed E-state index contributed by atoms with van der Waals surface area (Å²) in [5.41, 5.74) is 4.47. The van der Waals surface area contributed by atoms with Gasteiger partial charge in [0.05, 0.1) is 12.7 Å². The Labute approximate surface area is 160 Å². The molecule has 3 rings (SSSR count). The van der Waals surface area contributed by atoms with Gasteiger partial charge in [-0.3, -0.25) is 4.79 Å². The van der Waals surface area contributed by atoms with Crippen molar-refractivity contribution in [1.82, 2.24) is 9.78 Å². The molecule has 0 unspecified atom stereocenters. The Hall–Kier alpha value is -3.08. The minimum atomic E-state index is -0.208. The number of hydrogen-bond acceptors (Lipinski definition) is 3. The second-order valence-electron chi connectivity index (χ2n) is 6.60. The number of anilines is 1. The molecule has 0 radical (unpaired) electrons.